The third-order valence-electron chi connectivity index (χ3n) is 5.54. The summed E-state index contributed by atoms with van der Waals surface area (Å²) in [5, 5.41) is 27.8. The van der Waals surface area contributed by atoms with Gasteiger partial charge in [0.2, 0.25) is 5.78 Å². The molecule has 4 rings (SSSR count). The number of carbonyl (C=O) groups is 1. The van der Waals surface area contributed by atoms with Crippen molar-refractivity contribution >= 4 is 21.9 Å². The second kappa shape index (κ2) is 10.1. The molecular weight excluding hydrogens is 483 g/mol. The van der Waals surface area contributed by atoms with Crippen molar-refractivity contribution in [1.82, 2.24) is 24.5 Å². The molecule has 1 fully saturated rings. The second-order valence-electron chi connectivity index (χ2n) is 7.90. The van der Waals surface area contributed by atoms with Crippen molar-refractivity contribution in [2.75, 3.05) is 12.4 Å². The van der Waals surface area contributed by atoms with Crippen molar-refractivity contribution in [2.24, 2.45) is 0 Å². The first-order chi connectivity index (χ1) is 16.7. The molecule has 1 aromatic carbocycles. The lowest BCUT2D eigenvalue weighted by molar-refractivity contribution is -0.00882. The Morgan fingerprint density at radius 2 is 1.97 bits per heavy atom. The molecule has 0 spiro atoms. The number of halogens is 1. The predicted octanol–water partition coefficient (Wildman–Crippen LogP) is -0.153. The quantitative estimate of drug-likeness (QED) is 0.286. The highest BCUT2D eigenvalue weighted by Crippen LogP contribution is 2.28. The summed E-state index contributed by atoms with van der Waals surface area (Å²) in [6.07, 6.45) is -0.0686. The number of benzene rings is 1. The lowest BCUT2D eigenvalue weighted by Crippen LogP contribution is -2.38. The number of aliphatic hydroxyl groups is 2. The molecule has 0 aliphatic heterocycles. The Balaban J connectivity index is 1.49. The van der Waals surface area contributed by atoms with E-state index < -0.39 is 40.4 Å². The standard InChI is InChI=1S/C21H23FN6O6S/c1-23-35(32,33)34-17-8-16(19(30)20(17)31)26-21-14(9-24-11-25-21)18(29)15-6-7-28(27-15)10-12-2-4-13(22)5-3-12/h2-7,9,11,16-17,19-20,23,30-31H,8,10H2,1H3,(H,24,25,26)/t16-,17-,19+,20+/m1/s1. The van der Waals surface area contributed by atoms with Crippen LogP contribution in [0, 0.1) is 5.82 Å². The van der Waals surface area contributed by atoms with Crippen LogP contribution in [0.3, 0.4) is 0 Å². The summed E-state index contributed by atoms with van der Waals surface area (Å²) < 4.78 is 44.8. The van der Waals surface area contributed by atoms with Gasteiger partial charge in [-0.05, 0) is 23.8 Å². The van der Waals surface area contributed by atoms with Gasteiger partial charge in [0.1, 0.15) is 42.0 Å². The summed E-state index contributed by atoms with van der Waals surface area (Å²) in [6, 6.07) is 6.56. The van der Waals surface area contributed by atoms with Crippen LogP contribution in [-0.4, -0.2) is 75.6 Å². The van der Waals surface area contributed by atoms with Crippen LogP contribution in [0.5, 0.6) is 0 Å². The lowest BCUT2D eigenvalue weighted by atomic mass is 10.1. The number of aromatic nitrogens is 4. The molecule has 3 aromatic rings. The number of carbonyl (C=O) groups excluding carboxylic acids is 1. The molecule has 0 radical (unpaired) electrons. The van der Waals surface area contributed by atoms with Gasteiger partial charge in [-0.25, -0.2) is 14.4 Å². The maximum Gasteiger partial charge on any atom is 0.335 e. The minimum absolute atomic E-state index is 0.0634. The summed E-state index contributed by atoms with van der Waals surface area (Å²) in [7, 11) is -2.94. The van der Waals surface area contributed by atoms with E-state index >= 15 is 0 Å². The van der Waals surface area contributed by atoms with Crippen molar-refractivity contribution in [1.29, 1.82) is 0 Å². The van der Waals surface area contributed by atoms with E-state index in [1.54, 1.807) is 18.3 Å². The van der Waals surface area contributed by atoms with E-state index in [2.05, 4.69) is 20.4 Å². The fourth-order valence-electron chi connectivity index (χ4n) is 3.71. The fourth-order valence-corrected chi connectivity index (χ4v) is 4.32. The molecule has 1 aliphatic carbocycles. The molecule has 35 heavy (non-hydrogen) atoms. The highest BCUT2D eigenvalue weighted by molar-refractivity contribution is 7.84. The number of hydrogen-bond donors (Lipinski definition) is 4. The zero-order valence-electron chi connectivity index (χ0n) is 18.4. The molecule has 186 valence electrons. The molecule has 0 bridgehead atoms. The van der Waals surface area contributed by atoms with Crippen LogP contribution in [0.15, 0.2) is 49.1 Å². The van der Waals surface area contributed by atoms with Crippen molar-refractivity contribution in [2.45, 2.75) is 37.3 Å². The van der Waals surface area contributed by atoms with Gasteiger partial charge in [0.05, 0.1) is 18.2 Å². The average Bonchev–Trinajstić information content (AvgIpc) is 3.41. The molecule has 0 amide bonds. The summed E-state index contributed by atoms with van der Waals surface area (Å²) in [5.74, 6) is -0.772. The van der Waals surface area contributed by atoms with Gasteiger partial charge in [0.25, 0.3) is 0 Å². The van der Waals surface area contributed by atoms with Crippen molar-refractivity contribution in [3.8, 4) is 0 Å². The molecule has 14 heteroatoms. The summed E-state index contributed by atoms with van der Waals surface area (Å²) in [6.45, 7) is 0.326. The highest BCUT2D eigenvalue weighted by atomic mass is 32.2. The van der Waals surface area contributed by atoms with Crippen LogP contribution in [0.4, 0.5) is 10.2 Å². The van der Waals surface area contributed by atoms with E-state index in [0.29, 0.717) is 6.54 Å². The third kappa shape index (κ3) is 5.68. The Kier molecular flexibility index (Phi) is 7.18. The Bertz CT molecular complexity index is 1300. The van der Waals surface area contributed by atoms with E-state index in [1.807, 2.05) is 4.72 Å². The average molecular weight is 507 g/mol. The minimum atomic E-state index is -4.09. The first-order valence-electron chi connectivity index (χ1n) is 10.5. The number of nitrogens with zero attached hydrogens (tertiary/aromatic N) is 4. The topological polar surface area (TPSA) is 169 Å². The van der Waals surface area contributed by atoms with Crippen molar-refractivity contribution in [3.05, 3.63) is 71.7 Å². The molecule has 2 heterocycles. The molecule has 4 N–H and O–H groups in total. The van der Waals surface area contributed by atoms with E-state index in [4.69, 9.17) is 4.18 Å². The van der Waals surface area contributed by atoms with Gasteiger partial charge in [0, 0.05) is 25.9 Å². The molecule has 2 aromatic heterocycles. The van der Waals surface area contributed by atoms with Crippen LogP contribution in [0.1, 0.15) is 28.0 Å². The Morgan fingerprint density at radius 3 is 2.69 bits per heavy atom. The van der Waals surface area contributed by atoms with Crippen LogP contribution >= 0.6 is 0 Å². The summed E-state index contributed by atoms with van der Waals surface area (Å²) >= 11 is 0. The first kappa shape index (κ1) is 24.8. The Labute approximate surface area is 200 Å². The smallest absolute Gasteiger partial charge is 0.335 e. The molecular formula is C21H23FN6O6S. The van der Waals surface area contributed by atoms with Gasteiger partial charge in [0.15, 0.2) is 0 Å². The van der Waals surface area contributed by atoms with Gasteiger partial charge in [-0.2, -0.15) is 18.2 Å². The van der Waals surface area contributed by atoms with Crippen LogP contribution in [-0.2, 0) is 21.0 Å². The number of hydrogen-bond acceptors (Lipinski definition) is 10. The molecule has 1 saturated carbocycles. The SMILES string of the molecule is CNS(=O)(=O)O[C@@H]1C[C@@H](Nc2ncncc2C(=O)c2ccn(Cc3ccc(F)cc3)n2)[C@H](O)[C@H]1O. The van der Waals surface area contributed by atoms with E-state index in [0.717, 1.165) is 12.6 Å². The summed E-state index contributed by atoms with van der Waals surface area (Å²) in [4.78, 5) is 21.1. The maximum atomic E-state index is 13.1. The molecule has 0 saturated heterocycles. The second-order valence-corrected chi connectivity index (χ2v) is 9.41. The third-order valence-corrected chi connectivity index (χ3v) is 6.54. The fraction of sp³-hybridized carbons (Fsp3) is 0.333. The zero-order valence-corrected chi connectivity index (χ0v) is 19.3. The van der Waals surface area contributed by atoms with Crippen LogP contribution in [0.2, 0.25) is 0 Å². The van der Waals surface area contributed by atoms with Gasteiger partial charge < -0.3 is 15.5 Å². The minimum Gasteiger partial charge on any atom is -0.388 e. The van der Waals surface area contributed by atoms with Crippen molar-refractivity contribution in [3.63, 3.8) is 0 Å². The molecule has 4 atom stereocenters. The molecule has 1 aliphatic rings. The molecule has 0 unspecified atom stereocenters. The Morgan fingerprint density at radius 1 is 1.23 bits per heavy atom. The lowest BCUT2D eigenvalue weighted by Gasteiger charge is -2.19. The summed E-state index contributed by atoms with van der Waals surface area (Å²) in [5.41, 5.74) is 0.969. The largest absolute Gasteiger partial charge is 0.388 e. The van der Waals surface area contributed by atoms with E-state index in [-0.39, 0.29) is 29.3 Å². The van der Waals surface area contributed by atoms with Gasteiger partial charge >= 0.3 is 10.3 Å². The molecule has 12 nitrogen and oxygen atoms in total. The number of nitrogens with one attached hydrogen (secondary N) is 2. The van der Waals surface area contributed by atoms with Crippen LogP contribution < -0.4 is 10.0 Å². The van der Waals surface area contributed by atoms with Gasteiger partial charge in [-0.3, -0.25) is 13.7 Å². The van der Waals surface area contributed by atoms with Gasteiger partial charge in [-0.15, -0.1) is 0 Å². The normalized spacial score (nSPS) is 22.3. The first-order valence-corrected chi connectivity index (χ1v) is 11.9. The zero-order chi connectivity index (χ0) is 25.2. The van der Waals surface area contributed by atoms with Crippen molar-refractivity contribution < 1.29 is 32.0 Å². The van der Waals surface area contributed by atoms with Crippen LogP contribution in [0.25, 0.3) is 0 Å². The maximum absolute atomic E-state index is 13.1. The van der Waals surface area contributed by atoms with E-state index in [9.17, 15) is 27.8 Å². The highest BCUT2D eigenvalue weighted by Gasteiger charge is 2.44. The number of ketones is 1. The number of anilines is 1. The van der Waals surface area contributed by atoms with Gasteiger partial charge in [-0.1, -0.05) is 12.1 Å². The van der Waals surface area contributed by atoms with E-state index in [1.165, 1.54) is 35.4 Å². The number of aliphatic hydroxyl groups excluding tert-OH is 2. The predicted molar refractivity (Wildman–Crippen MR) is 120 cm³/mol. The number of rotatable bonds is 9. The Hall–Kier alpha value is -3.30. The monoisotopic (exact) mass is 506 g/mol.